The zero-order valence-electron chi connectivity index (χ0n) is 17.3. The molecule has 30 heavy (non-hydrogen) atoms. The van der Waals surface area contributed by atoms with Crippen molar-refractivity contribution in [2.24, 2.45) is 5.92 Å². The van der Waals surface area contributed by atoms with Crippen molar-refractivity contribution in [2.75, 3.05) is 13.1 Å². The standard InChI is InChI=1S/C27H29IN2/c28-24-14-8-7-13-23(24)19-29-26-22-15-17-30(18-16-22)27(26)25(20-9-3-1-4-10-20)21-11-5-2-6-12-21/h1-14,22,25-27,29H,15-19H2/t26-,27+/m0/s1. The minimum absolute atomic E-state index is 0.392. The van der Waals surface area contributed by atoms with Crippen LogP contribution in [-0.2, 0) is 6.54 Å². The molecule has 3 heterocycles. The molecule has 0 radical (unpaired) electrons. The molecule has 0 aliphatic carbocycles. The monoisotopic (exact) mass is 508 g/mol. The van der Waals surface area contributed by atoms with E-state index in [4.69, 9.17) is 0 Å². The average molecular weight is 508 g/mol. The average Bonchev–Trinajstić information content (AvgIpc) is 2.81. The van der Waals surface area contributed by atoms with Gasteiger partial charge in [-0.15, -0.1) is 0 Å². The van der Waals surface area contributed by atoms with Crippen molar-refractivity contribution in [1.82, 2.24) is 10.2 Å². The molecule has 3 aromatic carbocycles. The van der Waals surface area contributed by atoms with Gasteiger partial charge in [-0.3, -0.25) is 4.90 Å². The Bertz CT molecular complexity index is 911. The van der Waals surface area contributed by atoms with Crippen molar-refractivity contribution in [3.8, 4) is 0 Å². The Morgan fingerprint density at radius 3 is 1.97 bits per heavy atom. The molecule has 0 spiro atoms. The van der Waals surface area contributed by atoms with E-state index in [1.807, 2.05) is 0 Å². The largest absolute Gasteiger partial charge is 0.308 e. The molecule has 154 valence electrons. The molecule has 3 heteroatoms. The maximum absolute atomic E-state index is 4.03. The van der Waals surface area contributed by atoms with Crippen molar-refractivity contribution in [2.45, 2.75) is 37.4 Å². The lowest BCUT2D eigenvalue weighted by atomic mass is 9.70. The second-order valence-corrected chi connectivity index (χ2v) is 9.82. The maximum Gasteiger partial charge on any atom is 0.0361 e. The van der Waals surface area contributed by atoms with Crippen molar-refractivity contribution in [3.63, 3.8) is 0 Å². The Balaban J connectivity index is 1.50. The number of piperidine rings is 3. The van der Waals surface area contributed by atoms with E-state index in [-0.39, 0.29) is 0 Å². The minimum Gasteiger partial charge on any atom is -0.308 e. The normalized spacial score (nSPS) is 25.5. The second kappa shape index (κ2) is 9.21. The predicted molar refractivity (Wildman–Crippen MR) is 133 cm³/mol. The van der Waals surface area contributed by atoms with E-state index >= 15 is 0 Å². The van der Waals surface area contributed by atoms with E-state index in [1.165, 1.54) is 46.2 Å². The third-order valence-electron chi connectivity index (χ3n) is 7.02. The number of hydrogen-bond acceptors (Lipinski definition) is 2. The first-order chi connectivity index (χ1) is 14.8. The van der Waals surface area contributed by atoms with Gasteiger partial charge in [0.25, 0.3) is 0 Å². The molecule has 2 bridgehead atoms. The van der Waals surface area contributed by atoms with Gasteiger partial charge in [0.15, 0.2) is 0 Å². The molecule has 3 aromatic rings. The van der Waals surface area contributed by atoms with E-state index in [9.17, 15) is 0 Å². The van der Waals surface area contributed by atoms with Gasteiger partial charge in [-0.1, -0.05) is 78.9 Å². The third kappa shape index (κ3) is 4.08. The number of halogens is 1. The van der Waals surface area contributed by atoms with E-state index in [0.717, 1.165) is 12.5 Å². The molecule has 3 aliphatic heterocycles. The van der Waals surface area contributed by atoms with Crippen LogP contribution in [0.25, 0.3) is 0 Å². The number of nitrogens with zero attached hydrogens (tertiary/aromatic N) is 1. The Hall–Kier alpha value is -1.69. The molecule has 3 saturated heterocycles. The first kappa shape index (κ1) is 20.2. The summed E-state index contributed by atoms with van der Waals surface area (Å²) < 4.78 is 1.35. The third-order valence-corrected chi connectivity index (χ3v) is 8.07. The zero-order chi connectivity index (χ0) is 20.3. The van der Waals surface area contributed by atoms with E-state index in [0.29, 0.717) is 18.0 Å². The van der Waals surface area contributed by atoms with Crippen LogP contribution in [0.1, 0.15) is 35.4 Å². The molecule has 2 nitrogen and oxygen atoms in total. The summed E-state index contributed by atoms with van der Waals surface area (Å²) >= 11 is 2.46. The molecule has 0 amide bonds. The summed E-state index contributed by atoms with van der Waals surface area (Å²) in [6.45, 7) is 3.40. The SMILES string of the molecule is Ic1ccccc1CN[C@H]1C2CCN(CC2)[C@@H]1C(c1ccccc1)c1ccccc1. The van der Waals surface area contributed by atoms with Crippen LogP contribution in [0.15, 0.2) is 84.9 Å². The topological polar surface area (TPSA) is 15.3 Å². The van der Waals surface area contributed by atoms with Crippen LogP contribution in [0.2, 0.25) is 0 Å². The molecule has 0 unspecified atom stereocenters. The summed E-state index contributed by atoms with van der Waals surface area (Å²) in [7, 11) is 0. The van der Waals surface area contributed by atoms with Crippen LogP contribution in [0.5, 0.6) is 0 Å². The number of rotatable bonds is 6. The van der Waals surface area contributed by atoms with Gasteiger partial charge in [-0.25, -0.2) is 0 Å². The number of hydrogen-bond donors (Lipinski definition) is 1. The lowest BCUT2D eigenvalue weighted by Gasteiger charge is -2.54. The predicted octanol–water partition coefficient (Wildman–Crippen LogP) is 5.68. The van der Waals surface area contributed by atoms with Gasteiger partial charge in [0.05, 0.1) is 0 Å². The minimum atomic E-state index is 0.392. The highest BCUT2D eigenvalue weighted by Crippen LogP contribution is 2.42. The van der Waals surface area contributed by atoms with Crippen molar-refractivity contribution < 1.29 is 0 Å². The Morgan fingerprint density at radius 2 is 1.37 bits per heavy atom. The molecule has 0 saturated carbocycles. The number of benzene rings is 3. The van der Waals surface area contributed by atoms with E-state index < -0.39 is 0 Å². The summed E-state index contributed by atoms with van der Waals surface area (Å²) in [5, 5.41) is 4.03. The van der Waals surface area contributed by atoms with Crippen LogP contribution in [-0.4, -0.2) is 30.1 Å². The highest BCUT2D eigenvalue weighted by Gasteiger charge is 2.46. The fraction of sp³-hybridized carbons (Fsp3) is 0.333. The highest BCUT2D eigenvalue weighted by molar-refractivity contribution is 14.1. The quantitative estimate of drug-likeness (QED) is 0.432. The molecule has 0 aromatic heterocycles. The zero-order valence-corrected chi connectivity index (χ0v) is 19.4. The van der Waals surface area contributed by atoms with Crippen molar-refractivity contribution >= 4 is 22.6 Å². The molecular weight excluding hydrogens is 479 g/mol. The summed E-state index contributed by atoms with van der Waals surface area (Å²) in [6.07, 6.45) is 2.63. The number of nitrogens with one attached hydrogen (secondary N) is 1. The summed E-state index contributed by atoms with van der Waals surface area (Å²) in [5.74, 6) is 1.15. The summed E-state index contributed by atoms with van der Waals surface area (Å²) in [5.41, 5.74) is 4.27. The van der Waals surface area contributed by atoms with Crippen LogP contribution in [0.4, 0.5) is 0 Å². The van der Waals surface area contributed by atoms with Gasteiger partial charge in [-0.2, -0.15) is 0 Å². The number of fused-ring (bicyclic) bond motifs is 3. The van der Waals surface area contributed by atoms with Crippen LogP contribution >= 0.6 is 22.6 Å². The molecule has 2 atom stereocenters. The second-order valence-electron chi connectivity index (χ2n) is 8.66. The van der Waals surface area contributed by atoms with Gasteiger partial charge in [0, 0.05) is 28.1 Å². The lowest BCUT2D eigenvalue weighted by Crippen LogP contribution is -2.64. The molecular formula is C27H29IN2. The first-order valence-electron chi connectivity index (χ1n) is 11.1. The first-order valence-corrected chi connectivity index (χ1v) is 12.2. The van der Waals surface area contributed by atoms with Crippen molar-refractivity contribution in [3.05, 3.63) is 105 Å². The van der Waals surface area contributed by atoms with Gasteiger partial charge < -0.3 is 5.32 Å². The van der Waals surface area contributed by atoms with Crippen LogP contribution in [0, 0.1) is 9.49 Å². The summed E-state index contributed by atoms with van der Waals surface area (Å²) in [6, 6.07) is 32.1. The molecule has 1 N–H and O–H groups in total. The Morgan fingerprint density at radius 1 is 0.800 bits per heavy atom. The fourth-order valence-corrected chi connectivity index (χ4v) is 6.14. The smallest absolute Gasteiger partial charge is 0.0361 e. The van der Waals surface area contributed by atoms with Gasteiger partial charge >= 0.3 is 0 Å². The Labute approximate surface area is 193 Å². The van der Waals surface area contributed by atoms with E-state index in [2.05, 4.69) is 118 Å². The fourth-order valence-electron chi connectivity index (χ4n) is 5.57. The van der Waals surface area contributed by atoms with Crippen LogP contribution in [0.3, 0.4) is 0 Å². The van der Waals surface area contributed by atoms with Crippen LogP contribution < -0.4 is 5.32 Å². The molecule has 3 fully saturated rings. The summed E-state index contributed by atoms with van der Waals surface area (Å²) in [4.78, 5) is 2.76. The maximum atomic E-state index is 4.03. The van der Waals surface area contributed by atoms with E-state index in [1.54, 1.807) is 0 Å². The lowest BCUT2D eigenvalue weighted by molar-refractivity contribution is 0.00466. The van der Waals surface area contributed by atoms with Gasteiger partial charge in [0.2, 0.25) is 0 Å². The van der Waals surface area contributed by atoms with Gasteiger partial charge in [-0.05, 0) is 77.2 Å². The van der Waals surface area contributed by atoms with Gasteiger partial charge in [0.1, 0.15) is 0 Å². The molecule has 6 rings (SSSR count). The molecule has 3 aliphatic rings. The highest BCUT2D eigenvalue weighted by atomic mass is 127. The van der Waals surface area contributed by atoms with Crippen molar-refractivity contribution in [1.29, 1.82) is 0 Å². The Kier molecular flexibility index (Phi) is 6.21.